The number of rotatable bonds is 5. The molecule has 2 rings (SSSR count). The summed E-state index contributed by atoms with van der Waals surface area (Å²) in [7, 11) is 1.92. The largest absolute Gasteiger partial charge is 0.398 e. The minimum Gasteiger partial charge on any atom is -0.398 e. The van der Waals surface area contributed by atoms with E-state index in [-0.39, 0.29) is 5.82 Å². The van der Waals surface area contributed by atoms with Crippen LogP contribution in [0.5, 0.6) is 0 Å². The van der Waals surface area contributed by atoms with Crippen molar-refractivity contribution in [1.29, 1.82) is 0 Å². The molecule has 20 heavy (non-hydrogen) atoms. The lowest BCUT2D eigenvalue weighted by molar-refractivity contribution is 0.124. The van der Waals surface area contributed by atoms with Gasteiger partial charge >= 0.3 is 0 Å². The molecule has 3 N–H and O–H groups in total. The fraction of sp³-hybridized carbons (Fsp3) is 0.250. The zero-order valence-electron chi connectivity index (χ0n) is 11.5. The second-order valence-corrected chi connectivity index (χ2v) is 4.96. The number of likely N-dealkylation sites (N-methyl/N-ethyl adjacent to an activating group) is 1. The van der Waals surface area contributed by atoms with E-state index in [0.29, 0.717) is 18.7 Å². The SMILES string of the molecule is CN(Cc1ccccc1N)CC(O)c1ccc(F)cc1. The van der Waals surface area contributed by atoms with Crippen molar-refractivity contribution in [3.8, 4) is 0 Å². The molecule has 0 spiro atoms. The Balaban J connectivity index is 1.96. The van der Waals surface area contributed by atoms with Crippen molar-refractivity contribution >= 4 is 5.69 Å². The van der Waals surface area contributed by atoms with E-state index in [0.717, 1.165) is 11.3 Å². The smallest absolute Gasteiger partial charge is 0.123 e. The van der Waals surface area contributed by atoms with Crippen LogP contribution in [0, 0.1) is 5.82 Å². The third-order valence-electron chi connectivity index (χ3n) is 3.23. The molecule has 0 aliphatic rings. The van der Waals surface area contributed by atoms with Crippen LogP contribution in [0.2, 0.25) is 0 Å². The van der Waals surface area contributed by atoms with Gasteiger partial charge in [0.25, 0.3) is 0 Å². The lowest BCUT2D eigenvalue weighted by Gasteiger charge is -2.21. The van der Waals surface area contributed by atoms with Gasteiger partial charge in [-0.25, -0.2) is 4.39 Å². The average Bonchev–Trinajstić information content (AvgIpc) is 2.42. The summed E-state index contributed by atoms with van der Waals surface area (Å²) in [6.07, 6.45) is -0.648. The highest BCUT2D eigenvalue weighted by molar-refractivity contribution is 5.46. The summed E-state index contributed by atoms with van der Waals surface area (Å²) in [5, 5.41) is 10.1. The van der Waals surface area contributed by atoms with Gasteiger partial charge in [0.2, 0.25) is 0 Å². The Kier molecular flexibility index (Phi) is 4.71. The van der Waals surface area contributed by atoms with Crippen molar-refractivity contribution in [1.82, 2.24) is 4.90 Å². The summed E-state index contributed by atoms with van der Waals surface area (Å²) >= 11 is 0. The fourth-order valence-corrected chi connectivity index (χ4v) is 2.12. The monoisotopic (exact) mass is 274 g/mol. The first kappa shape index (κ1) is 14.5. The van der Waals surface area contributed by atoms with Gasteiger partial charge in [-0.1, -0.05) is 30.3 Å². The van der Waals surface area contributed by atoms with Gasteiger partial charge < -0.3 is 10.8 Å². The van der Waals surface area contributed by atoms with Crippen molar-refractivity contribution in [3.63, 3.8) is 0 Å². The minimum absolute atomic E-state index is 0.300. The van der Waals surface area contributed by atoms with Crippen molar-refractivity contribution in [2.24, 2.45) is 0 Å². The molecule has 0 fully saturated rings. The maximum atomic E-state index is 12.8. The molecule has 0 saturated carbocycles. The first-order valence-corrected chi connectivity index (χ1v) is 6.51. The van der Waals surface area contributed by atoms with Crippen LogP contribution in [-0.4, -0.2) is 23.6 Å². The number of para-hydroxylation sites is 1. The molecule has 0 aromatic heterocycles. The molecular weight excluding hydrogens is 255 g/mol. The standard InChI is InChI=1S/C16H19FN2O/c1-19(10-13-4-2-3-5-15(13)18)11-16(20)12-6-8-14(17)9-7-12/h2-9,16,20H,10-11,18H2,1H3. The number of aliphatic hydroxyl groups excluding tert-OH is 1. The van der Waals surface area contributed by atoms with E-state index >= 15 is 0 Å². The van der Waals surface area contributed by atoms with Gasteiger partial charge in [0, 0.05) is 18.8 Å². The van der Waals surface area contributed by atoms with Gasteiger partial charge in [-0.15, -0.1) is 0 Å². The van der Waals surface area contributed by atoms with Gasteiger partial charge in [0.1, 0.15) is 5.82 Å². The van der Waals surface area contributed by atoms with Crippen LogP contribution >= 0.6 is 0 Å². The molecule has 0 aliphatic heterocycles. The summed E-state index contributed by atoms with van der Waals surface area (Å²) < 4.78 is 12.8. The van der Waals surface area contributed by atoms with E-state index in [1.807, 2.05) is 36.2 Å². The number of nitrogens with zero attached hydrogens (tertiary/aromatic N) is 1. The van der Waals surface area contributed by atoms with Crippen molar-refractivity contribution in [2.75, 3.05) is 19.3 Å². The number of benzene rings is 2. The first-order valence-electron chi connectivity index (χ1n) is 6.51. The number of nitrogen functional groups attached to an aromatic ring is 1. The molecular formula is C16H19FN2O. The van der Waals surface area contributed by atoms with Gasteiger partial charge in [-0.3, -0.25) is 4.90 Å². The van der Waals surface area contributed by atoms with Crippen molar-refractivity contribution in [2.45, 2.75) is 12.6 Å². The Hall–Kier alpha value is -1.91. The van der Waals surface area contributed by atoms with Crippen LogP contribution in [0.1, 0.15) is 17.2 Å². The highest BCUT2D eigenvalue weighted by atomic mass is 19.1. The Labute approximate surface area is 118 Å². The maximum absolute atomic E-state index is 12.8. The molecule has 0 radical (unpaired) electrons. The number of anilines is 1. The Bertz CT molecular complexity index is 557. The highest BCUT2D eigenvalue weighted by Crippen LogP contribution is 2.17. The molecule has 1 atom stereocenters. The second kappa shape index (κ2) is 6.50. The molecule has 0 bridgehead atoms. The van der Waals surface area contributed by atoms with Gasteiger partial charge in [-0.2, -0.15) is 0 Å². The minimum atomic E-state index is -0.648. The molecule has 1 unspecified atom stereocenters. The maximum Gasteiger partial charge on any atom is 0.123 e. The molecule has 106 valence electrons. The third-order valence-corrected chi connectivity index (χ3v) is 3.23. The number of hydrogen-bond acceptors (Lipinski definition) is 3. The lowest BCUT2D eigenvalue weighted by Crippen LogP contribution is -2.24. The summed E-state index contributed by atoms with van der Waals surface area (Å²) in [6.45, 7) is 1.12. The van der Waals surface area contributed by atoms with E-state index in [4.69, 9.17) is 5.73 Å². The molecule has 0 heterocycles. The van der Waals surface area contributed by atoms with Gasteiger partial charge in [-0.05, 0) is 36.4 Å². The van der Waals surface area contributed by atoms with Crippen molar-refractivity contribution < 1.29 is 9.50 Å². The van der Waals surface area contributed by atoms with Gasteiger partial charge in [0.05, 0.1) is 6.10 Å². The Morgan fingerprint density at radius 2 is 1.80 bits per heavy atom. The summed E-state index contributed by atoms with van der Waals surface area (Å²) in [6, 6.07) is 13.6. The van der Waals surface area contributed by atoms with Crippen LogP contribution in [0.4, 0.5) is 10.1 Å². The van der Waals surface area contributed by atoms with Crippen LogP contribution in [-0.2, 0) is 6.54 Å². The summed E-state index contributed by atoms with van der Waals surface area (Å²) in [5.41, 5.74) is 8.38. The zero-order chi connectivity index (χ0) is 14.5. The Morgan fingerprint density at radius 1 is 1.15 bits per heavy atom. The summed E-state index contributed by atoms with van der Waals surface area (Å²) in [5.74, 6) is -0.300. The molecule has 2 aromatic rings. The van der Waals surface area contributed by atoms with Crippen LogP contribution in [0.3, 0.4) is 0 Å². The van der Waals surface area contributed by atoms with E-state index in [2.05, 4.69) is 0 Å². The van der Waals surface area contributed by atoms with E-state index in [9.17, 15) is 9.50 Å². The van der Waals surface area contributed by atoms with Crippen LogP contribution in [0.15, 0.2) is 48.5 Å². The molecule has 0 aliphatic carbocycles. The van der Waals surface area contributed by atoms with E-state index < -0.39 is 6.10 Å². The predicted octanol–water partition coefficient (Wildman–Crippen LogP) is 2.57. The van der Waals surface area contributed by atoms with Crippen LogP contribution in [0.25, 0.3) is 0 Å². The molecule has 3 nitrogen and oxygen atoms in total. The fourth-order valence-electron chi connectivity index (χ4n) is 2.12. The Morgan fingerprint density at radius 3 is 2.45 bits per heavy atom. The van der Waals surface area contributed by atoms with E-state index in [1.54, 1.807) is 12.1 Å². The molecule has 4 heteroatoms. The van der Waals surface area contributed by atoms with Crippen molar-refractivity contribution in [3.05, 3.63) is 65.5 Å². The lowest BCUT2D eigenvalue weighted by atomic mass is 10.1. The number of halogens is 1. The second-order valence-electron chi connectivity index (χ2n) is 4.96. The highest BCUT2D eigenvalue weighted by Gasteiger charge is 2.11. The molecule has 0 saturated heterocycles. The predicted molar refractivity (Wildman–Crippen MR) is 78.5 cm³/mol. The zero-order valence-corrected chi connectivity index (χ0v) is 11.5. The third kappa shape index (κ3) is 3.79. The molecule has 0 amide bonds. The summed E-state index contributed by atoms with van der Waals surface area (Å²) in [4.78, 5) is 1.99. The number of nitrogens with two attached hydrogens (primary N) is 1. The normalized spacial score (nSPS) is 12.6. The average molecular weight is 274 g/mol. The quantitative estimate of drug-likeness (QED) is 0.824. The number of aliphatic hydroxyl groups is 1. The molecule has 2 aromatic carbocycles. The van der Waals surface area contributed by atoms with Crippen LogP contribution < -0.4 is 5.73 Å². The van der Waals surface area contributed by atoms with Gasteiger partial charge in [0.15, 0.2) is 0 Å². The topological polar surface area (TPSA) is 49.5 Å². The van der Waals surface area contributed by atoms with E-state index in [1.165, 1.54) is 12.1 Å². The first-order chi connectivity index (χ1) is 9.56. The number of hydrogen-bond donors (Lipinski definition) is 2.